The molecule has 1 aromatic heterocycles. The highest BCUT2D eigenvalue weighted by molar-refractivity contribution is 7.91. The lowest BCUT2D eigenvalue weighted by Crippen LogP contribution is -2.00. The van der Waals surface area contributed by atoms with Crippen molar-refractivity contribution in [2.24, 2.45) is 0 Å². The van der Waals surface area contributed by atoms with Gasteiger partial charge in [0.05, 0.1) is 11.1 Å². The second-order valence-corrected chi connectivity index (χ2v) is 5.15. The second-order valence-electron chi connectivity index (χ2n) is 3.27. The third-order valence-corrected chi connectivity index (χ3v) is 3.67. The van der Waals surface area contributed by atoms with Crippen LogP contribution in [0.1, 0.15) is 5.89 Å². The monoisotopic (exact) mass is 238 g/mol. The van der Waals surface area contributed by atoms with E-state index in [4.69, 9.17) is 10.2 Å². The van der Waals surface area contributed by atoms with E-state index in [1.54, 1.807) is 6.92 Å². The molecule has 0 atom stereocenters. The molecule has 0 unspecified atom stereocenters. The molecule has 2 aromatic rings. The minimum atomic E-state index is -3.62. The van der Waals surface area contributed by atoms with Gasteiger partial charge in [0.25, 0.3) is 0 Å². The zero-order valence-corrected chi connectivity index (χ0v) is 9.36. The molecule has 16 heavy (non-hydrogen) atoms. The van der Waals surface area contributed by atoms with Crippen molar-refractivity contribution in [3.05, 3.63) is 36.4 Å². The molecule has 2 N–H and O–H groups in total. The lowest BCUT2D eigenvalue weighted by molar-refractivity contribution is 0.423. The van der Waals surface area contributed by atoms with Crippen LogP contribution in [0.25, 0.3) is 0 Å². The Morgan fingerprint density at radius 2 is 1.88 bits per heavy atom. The topological polar surface area (TPSA) is 86.2 Å². The van der Waals surface area contributed by atoms with Crippen LogP contribution in [-0.2, 0) is 9.84 Å². The van der Waals surface area contributed by atoms with Crippen molar-refractivity contribution in [2.45, 2.75) is 16.9 Å². The van der Waals surface area contributed by atoms with Crippen LogP contribution in [0.2, 0.25) is 0 Å². The van der Waals surface area contributed by atoms with E-state index in [0.717, 1.165) is 0 Å². The van der Waals surface area contributed by atoms with E-state index in [1.165, 1.54) is 30.5 Å². The summed E-state index contributed by atoms with van der Waals surface area (Å²) in [5.74, 6) is 0.314. The number of oxazole rings is 1. The highest BCUT2D eigenvalue weighted by atomic mass is 32.2. The van der Waals surface area contributed by atoms with Gasteiger partial charge in [-0.1, -0.05) is 0 Å². The Bertz CT molecular complexity index is 599. The smallest absolute Gasteiger partial charge is 0.243 e. The highest BCUT2D eigenvalue weighted by Gasteiger charge is 2.21. The number of aryl methyl sites for hydroxylation is 1. The number of nitrogens with two attached hydrogens (primary N) is 1. The molecule has 6 heteroatoms. The number of hydrogen-bond acceptors (Lipinski definition) is 5. The van der Waals surface area contributed by atoms with Gasteiger partial charge in [0.1, 0.15) is 0 Å². The maximum atomic E-state index is 12.0. The van der Waals surface area contributed by atoms with Gasteiger partial charge in [-0.25, -0.2) is 13.4 Å². The van der Waals surface area contributed by atoms with Crippen molar-refractivity contribution in [2.75, 3.05) is 5.73 Å². The number of nitrogens with zero attached hydrogens (tertiary/aromatic N) is 1. The lowest BCUT2D eigenvalue weighted by atomic mass is 10.3. The lowest BCUT2D eigenvalue weighted by Gasteiger charge is -2.00. The minimum Gasteiger partial charge on any atom is -0.429 e. The molecule has 0 aliphatic heterocycles. The first-order valence-electron chi connectivity index (χ1n) is 4.53. The van der Waals surface area contributed by atoms with Crippen LogP contribution in [0.3, 0.4) is 0 Å². The van der Waals surface area contributed by atoms with Crippen molar-refractivity contribution in [3.8, 4) is 0 Å². The molecule has 0 spiro atoms. The molecule has 0 saturated carbocycles. The second kappa shape index (κ2) is 3.64. The first-order valence-corrected chi connectivity index (χ1v) is 6.01. The Labute approximate surface area is 92.8 Å². The zero-order chi connectivity index (χ0) is 11.8. The van der Waals surface area contributed by atoms with Crippen LogP contribution in [0.5, 0.6) is 0 Å². The summed E-state index contributed by atoms with van der Waals surface area (Å²) in [6, 6.07) is 5.91. The predicted octanol–water partition coefficient (Wildman–Crippen LogP) is 1.40. The predicted molar refractivity (Wildman–Crippen MR) is 57.5 cm³/mol. The number of benzene rings is 1. The molecule has 0 amide bonds. The average Bonchev–Trinajstić information content (AvgIpc) is 2.66. The maximum absolute atomic E-state index is 12.0. The first kappa shape index (κ1) is 10.7. The summed E-state index contributed by atoms with van der Waals surface area (Å²) in [4.78, 5) is 3.89. The summed E-state index contributed by atoms with van der Waals surface area (Å²) >= 11 is 0. The number of sulfone groups is 1. The third kappa shape index (κ3) is 1.79. The molecule has 0 bridgehead atoms. The highest BCUT2D eigenvalue weighted by Crippen LogP contribution is 2.21. The van der Waals surface area contributed by atoms with E-state index < -0.39 is 9.84 Å². The van der Waals surface area contributed by atoms with Crippen molar-refractivity contribution in [3.63, 3.8) is 0 Å². The molecule has 2 rings (SSSR count). The fourth-order valence-electron chi connectivity index (χ4n) is 1.23. The van der Waals surface area contributed by atoms with Crippen molar-refractivity contribution >= 4 is 15.5 Å². The van der Waals surface area contributed by atoms with Crippen LogP contribution in [-0.4, -0.2) is 13.4 Å². The quantitative estimate of drug-likeness (QED) is 0.799. The largest absolute Gasteiger partial charge is 0.429 e. The molecule has 0 aliphatic carbocycles. The van der Waals surface area contributed by atoms with Gasteiger partial charge in [0.15, 0.2) is 5.89 Å². The van der Waals surface area contributed by atoms with Gasteiger partial charge in [0.2, 0.25) is 14.9 Å². The average molecular weight is 238 g/mol. The first-order chi connectivity index (χ1) is 7.50. The van der Waals surface area contributed by atoms with Crippen LogP contribution in [0, 0.1) is 6.92 Å². The Morgan fingerprint density at radius 1 is 1.25 bits per heavy atom. The zero-order valence-electron chi connectivity index (χ0n) is 8.54. The summed E-state index contributed by atoms with van der Waals surface area (Å²) in [6.45, 7) is 1.59. The SMILES string of the molecule is Cc1ncc(S(=O)(=O)c2ccc(N)cc2)o1. The maximum Gasteiger partial charge on any atom is 0.243 e. The standard InChI is InChI=1S/C10H10N2O3S/c1-7-12-6-10(15-7)16(13,14)9-4-2-8(11)3-5-9/h2-6H,11H2,1H3. The van der Waals surface area contributed by atoms with Gasteiger partial charge < -0.3 is 10.2 Å². The summed E-state index contributed by atoms with van der Waals surface area (Å²) in [7, 11) is -3.62. The Morgan fingerprint density at radius 3 is 2.38 bits per heavy atom. The van der Waals surface area contributed by atoms with E-state index in [-0.39, 0.29) is 9.99 Å². The van der Waals surface area contributed by atoms with Gasteiger partial charge in [0, 0.05) is 12.6 Å². The van der Waals surface area contributed by atoms with E-state index in [9.17, 15) is 8.42 Å². The summed E-state index contributed by atoms with van der Waals surface area (Å²) in [5.41, 5.74) is 5.99. The fourth-order valence-corrected chi connectivity index (χ4v) is 2.38. The van der Waals surface area contributed by atoms with Gasteiger partial charge in [-0.15, -0.1) is 0 Å². The molecule has 0 radical (unpaired) electrons. The molecule has 0 aliphatic rings. The van der Waals surface area contributed by atoms with Crippen LogP contribution < -0.4 is 5.73 Å². The fraction of sp³-hybridized carbons (Fsp3) is 0.100. The van der Waals surface area contributed by atoms with Crippen molar-refractivity contribution in [1.29, 1.82) is 0 Å². The molecule has 0 saturated heterocycles. The molecule has 1 aromatic carbocycles. The van der Waals surface area contributed by atoms with E-state index in [0.29, 0.717) is 11.6 Å². The summed E-state index contributed by atoms with van der Waals surface area (Å²) in [5, 5.41) is -0.158. The Kier molecular flexibility index (Phi) is 2.43. The van der Waals surface area contributed by atoms with Crippen LogP contribution >= 0.6 is 0 Å². The van der Waals surface area contributed by atoms with E-state index in [1.807, 2.05) is 0 Å². The van der Waals surface area contributed by atoms with E-state index in [2.05, 4.69) is 4.98 Å². The number of hydrogen-bond donors (Lipinski definition) is 1. The molecule has 5 nitrogen and oxygen atoms in total. The van der Waals surface area contributed by atoms with Crippen LogP contribution in [0.15, 0.2) is 44.9 Å². The van der Waals surface area contributed by atoms with E-state index >= 15 is 0 Å². The molecule has 84 valence electrons. The Hall–Kier alpha value is -1.82. The van der Waals surface area contributed by atoms with Gasteiger partial charge >= 0.3 is 0 Å². The third-order valence-electron chi connectivity index (χ3n) is 2.06. The number of nitrogen functional groups attached to an aromatic ring is 1. The normalized spacial score (nSPS) is 11.6. The summed E-state index contributed by atoms with van der Waals surface area (Å²) in [6.07, 6.45) is 1.20. The number of aromatic nitrogens is 1. The molecular formula is C10H10N2O3S. The Balaban J connectivity index is 2.51. The van der Waals surface area contributed by atoms with Gasteiger partial charge in [-0.3, -0.25) is 0 Å². The minimum absolute atomic E-state index is 0.137. The molecule has 1 heterocycles. The van der Waals surface area contributed by atoms with Crippen molar-refractivity contribution < 1.29 is 12.8 Å². The molecule has 0 fully saturated rings. The molecular weight excluding hydrogens is 228 g/mol. The number of anilines is 1. The van der Waals surface area contributed by atoms with Gasteiger partial charge in [-0.05, 0) is 24.3 Å². The number of rotatable bonds is 2. The van der Waals surface area contributed by atoms with Gasteiger partial charge in [-0.2, -0.15) is 0 Å². The van der Waals surface area contributed by atoms with Crippen molar-refractivity contribution in [1.82, 2.24) is 4.98 Å². The van der Waals surface area contributed by atoms with Crippen LogP contribution in [0.4, 0.5) is 5.69 Å². The summed E-state index contributed by atoms with van der Waals surface area (Å²) < 4.78 is 29.0.